The van der Waals surface area contributed by atoms with E-state index in [0.717, 1.165) is 22.1 Å². The predicted molar refractivity (Wildman–Crippen MR) is 79.6 cm³/mol. The highest BCUT2D eigenvalue weighted by Gasteiger charge is 2.10. The van der Waals surface area contributed by atoms with E-state index in [9.17, 15) is 0 Å². The summed E-state index contributed by atoms with van der Waals surface area (Å²) in [6, 6.07) is 9.92. The number of hydrogen-bond acceptors (Lipinski definition) is 3. The largest absolute Gasteiger partial charge is 0.363 e. The number of aromatic nitrogens is 2. The summed E-state index contributed by atoms with van der Waals surface area (Å²) in [5, 5.41) is 4.12. The average molecular weight is 276 g/mol. The predicted octanol–water partition coefficient (Wildman–Crippen LogP) is 4.43. The molecule has 1 N–H and O–H groups in total. The molecule has 2 aromatic rings. The molecular weight excluding hydrogens is 258 g/mol. The average Bonchev–Trinajstić information content (AvgIpc) is 2.39. The van der Waals surface area contributed by atoms with Crippen LogP contribution in [-0.2, 0) is 0 Å². The van der Waals surface area contributed by atoms with Crippen LogP contribution < -0.4 is 5.32 Å². The van der Waals surface area contributed by atoms with Gasteiger partial charge in [0.15, 0.2) is 0 Å². The lowest BCUT2D eigenvalue weighted by atomic mass is 10.1. The van der Waals surface area contributed by atoms with Crippen molar-refractivity contribution in [3.63, 3.8) is 0 Å². The molecule has 4 heteroatoms. The van der Waals surface area contributed by atoms with Crippen LogP contribution in [-0.4, -0.2) is 9.97 Å². The van der Waals surface area contributed by atoms with Crippen molar-refractivity contribution in [1.82, 2.24) is 9.97 Å². The summed E-state index contributed by atoms with van der Waals surface area (Å²) in [6.07, 6.45) is 1.59. The molecule has 0 bridgehead atoms. The van der Waals surface area contributed by atoms with E-state index in [1.54, 1.807) is 6.33 Å². The summed E-state index contributed by atoms with van der Waals surface area (Å²) in [5.74, 6) is 1.21. The van der Waals surface area contributed by atoms with Gasteiger partial charge in [-0.25, -0.2) is 9.97 Å². The van der Waals surface area contributed by atoms with Crippen LogP contribution in [0.5, 0.6) is 0 Å². The first-order valence-electron chi connectivity index (χ1n) is 6.41. The molecule has 1 unspecified atom stereocenters. The highest BCUT2D eigenvalue weighted by atomic mass is 35.5. The molecule has 100 valence electrons. The van der Waals surface area contributed by atoms with Crippen molar-refractivity contribution in [2.24, 2.45) is 0 Å². The third-order valence-electron chi connectivity index (χ3n) is 3.02. The maximum Gasteiger partial charge on any atom is 0.130 e. The second-order valence-electron chi connectivity index (χ2n) is 4.87. The number of benzene rings is 1. The Hall–Kier alpha value is -1.61. The molecule has 0 radical (unpaired) electrons. The zero-order valence-electron chi connectivity index (χ0n) is 11.4. The summed E-state index contributed by atoms with van der Waals surface area (Å²) >= 11 is 6.19. The first-order valence-corrected chi connectivity index (χ1v) is 6.78. The third-order valence-corrected chi connectivity index (χ3v) is 3.36. The van der Waals surface area contributed by atoms with E-state index < -0.39 is 0 Å². The molecule has 3 nitrogen and oxygen atoms in total. The van der Waals surface area contributed by atoms with Gasteiger partial charge in [-0.05, 0) is 24.5 Å². The van der Waals surface area contributed by atoms with E-state index in [2.05, 4.69) is 36.1 Å². The lowest BCUT2D eigenvalue weighted by Crippen LogP contribution is -2.09. The van der Waals surface area contributed by atoms with Crippen molar-refractivity contribution in [3.8, 4) is 0 Å². The number of hydrogen-bond donors (Lipinski definition) is 1. The van der Waals surface area contributed by atoms with Crippen LogP contribution in [0.4, 0.5) is 5.82 Å². The van der Waals surface area contributed by atoms with Gasteiger partial charge in [0.05, 0.1) is 6.04 Å². The lowest BCUT2D eigenvalue weighted by molar-refractivity contribution is 0.807. The fourth-order valence-electron chi connectivity index (χ4n) is 1.89. The Kier molecular flexibility index (Phi) is 4.38. The van der Waals surface area contributed by atoms with Crippen LogP contribution in [0.3, 0.4) is 0 Å². The molecule has 0 aliphatic rings. The summed E-state index contributed by atoms with van der Waals surface area (Å²) in [5.41, 5.74) is 2.10. The lowest BCUT2D eigenvalue weighted by Gasteiger charge is -2.16. The van der Waals surface area contributed by atoms with Crippen LogP contribution in [0.25, 0.3) is 0 Å². The number of nitrogens with zero attached hydrogens (tertiary/aromatic N) is 2. The quantitative estimate of drug-likeness (QED) is 0.897. The first kappa shape index (κ1) is 13.8. The van der Waals surface area contributed by atoms with Gasteiger partial charge in [0, 0.05) is 16.8 Å². The molecular formula is C15H18ClN3. The van der Waals surface area contributed by atoms with Gasteiger partial charge in [0.2, 0.25) is 0 Å². The molecule has 1 aromatic heterocycles. The van der Waals surface area contributed by atoms with Crippen molar-refractivity contribution < 1.29 is 0 Å². The van der Waals surface area contributed by atoms with Gasteiger partial charge in [0.1, 0.15) is 12.1 Å². The maximum absolute atomic E-state index is 6.19. The minimum Gasteiger partial charge on any atom is -0.363 e. The van der Waals surface area contributed by atoms with E-state index in [-0.39, 0.29) is 6.04 Å². The fourth-order valence-corrected chi connectivity index (χ4v) is 2.19. The summed E-state index contributed by atoms with van der Waals surface area (Å²) < 4.78 is 0. The highest BCUT2D eigenvalue weighted by Crippen LogP contribution is 2.25. The zero-order chi connectivity index (χ0) is 13.8. The molecule has 0 amide bonds. The molecule has 0 fully saturated rings. The van der Waals surface area contributed by atoms with Crippen molar-refractivity contribution in [2.45, 2.75) is 32.7 Å². The van der Waals surface area contributed by atoms with Gasteiger partial charge in [-0.2, -0.15) is 0 Å². The van der Waals surface area contributed by atoms with E-state index >= 15 is 0 Å². The van der Waals surface area contributed by atoms with Gasteiger partial charge >= 0.3 is 0 Å². The van der Waals surface area contributed by atoms with E-state index in [4.69, 9.17) is 11.6 Å². The Balaban J connectivity index is 2.17. The van der Waals surface area contributed by atoms with E-state index in [1.807, 2.05) is 30.3 Å². The Labute approximate surface area is 119 Å². The van der Waals surface area contributed by atoms with E-state index in [0.29, 0.717) is 5.92 Å². The SMILES string of the molecule is CC(C)c1cc(NC(C)c2ccccc2Cl)ncn1. The maximum atomic E-state index is 6.19. The zero-order valence-corrected chi connectivity index (χ0v) is 12.1. The van der Waals surface area contributed by atoms with Crippen molar-refractivity contribution in [2.75, 3.05) is 5.32 Å². The van der Waals surface area contributed by atoms with Crippen LogP contribution in [0.15, 0.2) is 36.7 Å². The molecule has 0 spiro atoms. The number of anilines is 1. The summed E-state index contributed by atoms with van der Waals surface area (Å²) in [7, 11) is 0. The first-order chi connectivity index (χ1) is 9.08. The molecule has 0 saturated carbocycles. The van der Waals surface area contributed by atoms with E-state index in [1.165, 1.54) is 0 Å². The molecule has 19 heavy (non-hydrogen) atoms. The Bertz CT molecular complexity index is 555. The molecule has 0 aliphatic heterocycles. The van der Waals surface area contributed by atoms with Crippen LogP contribution in [0.1, 0.15) is 44.0 Å². The molecule has 0 aliphatic carbocycles. The van der Waals surface area contributed by atoms with Crippen molar-refractivity contribution >= 4 is 17.4 Å². The van der Waals surface area contributed by atoms with Gasteiger partial charge in [0.25, 0.3) is 0 Å². The minimum atomic E-state index is 0.101. The molecule has 1 aromatic carbocycles. The monoisotopic (exact) mass is 275 g/mol. The second kappa shape index (κ2) is 6.02. The van der Waals surface area contributed by atoms with Crippen molar-refractivity contribution in [1.29, 1.82) is 0 Å². The van der Waals surface area contributed by atoms with Crippen LogP contribution >= 0.6 is 11.6 Å². The smallest absolute Gasteiger partial charge is 0.130 e. The Morgan fingerprint density at radius 3 is 2.53 bits per heavy atom. The van der Waals surface area contributed by atoms with Gasteiger partial charge in [-0.1, -0.05) is 43.6 Å². The Morgan fingerprint density at radius 1 is 1.11 bits per heavy atom. The number of rotatable bonds is 4. The third kappa shape index (κ3) is 3.44. The molecule has 2 rings (SSSR count). The Morgan fingerprint density at radius 2 is 1.84 bits per heavy atom. The van der Waals surface area contributed by atoms with Crippen LogP contribution in [0.2, 0.25) is 5.02 Å². The van der Waals surface area contributed by atoms with Gasteiger partial charge < -0.3 is 5.32 Å². The van der Waals surface area contributed by atoms with Gasteiger partial charge in [-0.3, -0.25) is 0 Å². The summed E-state index contributed by atoms with van der Waals surface area (Å²) in [4.78, 5) is 8.51. The second-order valence-corrected chi connectivity index (χ2v) is 5.28. The minimum absolute atomic E-state index is 0.101. The van der Waals surface area contributed by atoms with Gasteiger partial charge in [-0.15, -0.1) is 0 Å². The molecule has 1 atom stereocenters. The molecule has 0 saturated heterocycles. The highest BCUT2D eigenvalue weighted by molar-refractivity contribution is 6.31. The number of halogens is 1. The fraction of sp³-hybridized carbons (Fsp3) is 0.333. The van der Waals surface area contributed by atoms with Crippen LogP contribution in [0, 0.1) is 0 Å². The standard InChI is InChI=1S/C15H18ClN3/c1-10(2)14-8-15(18-9-17-14)19-11(3)12-6-4-5-7-13(12)16/h4-11H,1-3H3,(H,17,18,19). The molecule has 1 heterocycles. The number of nitrogens with one attached hydrogen (secondary N) is 1. The normalized spacial score (nSPS) is 12.5. The van der Waals surface area contributed by atoms with Crippen molar-refractivity contribution in [3.05, 3.63) is 52.9 Å². The topological polar surface area (TPSA) is 37.8 Å². The summed E-state index contributed by atoms with van der Waals surface area (Å²) in [6.45, 7) is 6.30.